The van der Waals surface area contributed by atoms with Gasteiger partial charge in [0.05, 0.1) is 0 Å². The highest BCUT2D eigenvalue weighted by molar-refractivity contribution is 5.70. The minimum absolute atomic E-state index is 0.233. The highest BCUT2D eigenvalue weighted by Gasteiger charge is 2.29. The van der Waals surface area contributed by atoms with Gasteiger partial charge in [0, 0.05) is 5.57 Å². The van der Waals surface area contributed by atoms with Gasteiger partial charge in [-0.1, -0.05) is 61.2 Å². The summed E-state index contributed by atoms with van der Waals surface area (Å²) in [7, 11) is 0. The summed E-state index contributed by atoms with van der Waals surface area (Å²) in [5.74, 6) is 0. The summed E-state index contributed by atoms with van der Waals surface area (Å²) in [5, 5.41) is 9.93. The van der Waals surface area contributed by atoms with Gasteiger partial charge in [0.2, 0.25) is 0 Å². The number of hydrogen-bond donors (Lipinski definition) is 1. The highest BCUT2D eigenvalue weighted by atomic mass is 16.6. The third-order valence-electron chi connectivity index (χ3n) is 3.25. The van der Waals surface area contributed by atoms with Crippen molar-refractivity contribution in [2.45, 2.75) is 12.4 Å². The third-order valence-corrected chi connectivity index (χ3v) is 3.25. The van der Waals surface area contributed by atoms with E-state index in [1.54, 1.807) is 0 Å². The standard InChI is InChI=1S/C16H14O2/c1-11-13-9-5-6-10-14(13)15(18-16(11)17)12-7-3-2-4-8-12/h2-10,15-17H,1H2. The van der Waals surface area contributed by atoms with E-state index in [4.69, 9.17) is 4.74 Å². The SMILES string of the molecule is C=C1c2ccccc2C(c2ccccc2)OC1O. The zero-order chi connectivity index (χ0) is 12.5. The number of aliphatic hydroxyl groups excluding tert-OH is 1. The number of hydrogen-bond acceptors (Lipinski definition) is 2. The largest absolute Gasteiger partial charge is 0.364 e. The van der Waals surface area contributed by atoms with Crippen LogP contribution in [-0.4, -0.2) is 11.4 Å². The van der Waals surface area contributed by atoms with Crippen LogP contribution in [-0.2, 0) is 4.74 Å². The molecule has 0 bridgehead atoms. The lowest BCUT2D eigenvalue weighted by molar-refractivity contribution is -0.0915. The minimum atomic E-state index is -0.940. The van der Waals surface area contributed by atoms with E-state index >= 15 is 0 Å². The fraction of sp³-hybridized carbons (Fsp3) is 0.125. The van der Waals surface area contributed by atoms with Gasteiger partial charge in [-0.15, -0.1) is 0 Å². The van der Waals surface area contributed by atoms with Gasteiger partial charge in [0.25, 0.3) is 0 Å². The maximum atomic E-state index is 9.93. The Bertz CT molecular complexity index is 575. The van der Waals surface area contributed by atoms with Gasteiger partial charge in [0.15, 0.2) is 6.29 Å². The molecule has 1 aliphatic heterocycles. The Labute approximate surface area is 106 Å². The molecular formula is C16H14O2. The molecule has 2 atom stereocenters. The lowest BCUT2D eigenvalue weighted by Gasteiger charge is -2.31. The minimum Gasteiger partial charge on any atom is -0.364 e. The van der Waals surface area contributed by atoms with Crippen molar-refractivity contribution < 1.29 is 9.84 Å². The third kappa shape index (κ3) is 1.76. The molecule has 0 radical (unpaired) electrons. The Hall–Kier alpha value is -1.90. The first kappa shape index (κ1) is 11.2. The summed E-state index contributed by atoms with van der Waals surface area (Å²) >= 11 is 0. The van der Waals surface area contributed by atoms with Gasteiger partial charge in [0.1, 0.15) is 6.10 Å². The second-order valence-electron chi connectivity index (χ2n) is 4.39. The van der Waals surface area contributed by atoms with E-state index in [9.17, 15) is 5.11 Å². The number of rotatable bonds is 1. The topological polar surface area (TPSA) is 29.5 Å². The molecule has 0 saturated carbocycles. The fourth-order valence-corrected chi connectivity index (χ4v) is 2.32. The summed E-state index contributed by atoms with van der Waals surface area (Å²) in [5.41, 5.74) is 3.69. The van der Waals surface area contributed by atoms with Gasteiger partial charge >= 0.3 is 0 Å². The summed E-state index contributed by atoms with van der Waals surface area (Å²) in [6, 6.07) is 17.8. The Kier molecular flexibility index (Phi) is 2.74. The van der Waals surface area contributed by atoms with Crippen molar-refractivity contribution in [2.75, 3.05) is 0 Å². The number of aliphatic hydroxyl groups is 1. The smallest absolute Gasteiger partial charge is 0.182 e. The van der Waals surface area contributed by atoms with E-state index in [0.29, 0.717) is 5.57 Å². The molecule has 0 aliphatic carbocycles. The first-order valence-electron chi connectivity index (χ1n) is 5.94. The van der Waals surface area contributed by atoms with Gasteiger partial charge in [-0.3, -0.25) is 0 Å². The second-order valence-corrected chi connectivity index (χ2v) is 4.39. The predicted molar refractivity (Wildman–Crippen MR) is 70.9 cm³/mol. The Morgan fingerprint density at radius 2 is 1.61 bits per heavy atom. The van der Waals surface area contributed by atoms with Crippen LogP contribution in [0.5, 0.6) is 0 Å². The Morgan fingerprint density at radius 1 is 0.944 bits per heavy atom. The van der Waals surface area contributed by atoms with Crippen LogP contribution in [0.2, 0.25) is 0 Å². The number of ether oxygens (including phenoxy) is 1. The summed E-state index contributed by atoms with van der Waals surface area (Å²) in [6.07, 6.45) is -1.17. The molecule has 1 aliphatic rings. The average molecular weight is 238 g/mol. The molecular weight excluding hydrogens is 224 g/mol. The van der Waals surface area contributed by atoms with Gasteiger partial charge in [-0.2, -0.15) is 0 Å². The monoisotopic (exact) mass is 238 g/mol. The van der Waals surface area contributed by atoms with Crippen molar-refractivity contribution in [3.05, 3.63) is 77.9 Å². The normalized spacial score (nSPS) is 22.6. The van der Waals surface area contributed by atoms with Crippen LogP contribution >= 0.6 is 0 Å². The summed E-state index contributed by atoms with van der Waals surface area (Å²) < 4.78 is 5.67. The molecule has 2 aromatic rings. The maximum absolute atomic E-state index is 9.93. The van der Waals surface area contributed by atoms with Gasteiger partial charge < -0.3 is 9.84 Å². The van der Waals surface area contributed by atoms with Gasteiger partial charge in [-0.05, 0) is 16.7 Å². The Morgan fingerprint density at radius 3 is 2.39 bits per heavy atom. The van der Waals surface area contributed by atoms with Crippen LogP contribution in [0.15, 0.2) is 61.2 Å². The van der Waals surface area contributed by atoms with Crippen LogP contribution in [0.1, 0.15) is 22.8 Å². The fourth-order valence-electron chi connectivity index (χ4n) is 2.32. The molecule has 0 aromatic heterocycles. The molecule has 90 valence electrons. The van der Waals surface area contributed by atoms with E-state index in [0.717, 1.165) is 16.7 Å². The molecule has 2 unspecified atom stereocenters. The lowest BCUT2D eigenvalue weighted by atomic mass is 9.90. The quantitative estimate of drug-likeness (QED) is 0.827. The molecule has 3 rings (SSSR count). The molecule has 2 nitrogen and oxygen atoms in total. The molecule has 1 heterocycles. The zero-order valence-electron chi connectivity index (χ0n) is 9.91. The number of benzene rings is 2. The van der Waals surface area contributed by atoms with Crippen LogP contribution in [0.3, 0.4) is 0 Å². The van der Waals surface area contributed by atoms with E-state index in [2.05, 4.69) is 6.58 Å². The lowest BCUT2D eigenvalue weighted by Crippen LogP contribution is -2.25. The molecule has 2 aromatic carbocycles. The molecule has 1 N–H and O–H groups in total. The van der Waals surface area contributed by atoms with E-state index in [-0.39, 0.29) is 6.10 Å². The molecule has 0 spiro atoms. The van der Waals surface area contributed by atoms with Gasteiger partial charge in [-0.25, -0.2) is 0 Å². The van der Waals surface area contributed by atoms with Crippen LogP contribution in [0.4, 0.5) is 0 Å². The summed E-state index contributed by atoms with van der Waals surface area (Å²) in [6.45, 7) is 3.89. The highest BCUT2D eigenvalue weighted by Crippen LogP contribution is 2.38. The van der Waals surface area contributed by atoms with Crippen molar-refractivity contribution in [1.82, 2.24) is 0 Å². The van der Waals surface area contributed by atoms with Crippen molar-refractivity contribution in [3.63, 3.8) is 0 Å². The first-order valence-corrected chi connectivity index (χ1v) is 5.94. The molecule has 2 heteroatoms. The molecule has 18 heavy (non-hydrogen) atoms. The van der Waals surface area contributed by atoms with Crippen molar-refractivity contribution in [2.24, 2.45) is 0 Å². The van der Waals surface area contributed by atoms with E-state index in [1.165, 1.54) is 0 Å². The zero-order valence-corrected chi connectivity index (χ0v) is 9.91. The van der Waals surface area contributed by atoms with Crippen molar-refractivity contribution in [1.29, 1.82) is 0 Å². The second kappa shape index (κ2) is 4.41. The maximum Gasteiger partial charge on any atom is 0.182 e. The number of fused-ring (bicyclic) bond motifs is 1. The molecule has 0 saturated heterocycles. The van der Waals surface area contributed by atoms with Crippen LogP contribution in [0.25, 0.3) is 5.57 Å². The molecule has 0 amide bonds. The van der Waals surface area contributed by atoms with Crippen molar-refractivity contribution in [3.8, 4) is 0 Å². The van der Waals surface area contributed by atoms with Crippen LogP contribution in [0, 0.1) is 0 Å². The van der Waals surface area contributed by atoms with E-state index < -0.39 is 6.29 Å². The van der Waals surface area contributed by atoms with E-state index in [1.807, 2.05) is 54.6 Å². The summed E-state index contributed by atoms with van der Waals surface area (Å²) in [4.78, 5) is 0. The Balaban J connectivity index is 2.13. The molecule has 0 fully saturated rings. The predicted octanol–water partition coefficient (Wildman–Crippen LogP) is 3.14. The first-order chi connectivity index (χ1) is 8.77. The van der Waals surface area contributed by atoms with Crippen LogP contribution < -0.4 is 0 Å². The van der Waals surface area contributed by atoms with Crippen molar-refractivity contribution >= 4 is 5.57 Å². The average Bonchev–Trinajstić information content (AvgIpc) is 2.44.